The van der Waals surface area contributed by atoms with Gasteiger partial charge in [0.05, 0.1) is 0 Å². The van der Waals surface area contributed by atoms with E-state index in [2.05, 4.69) is 15.3 Å². The lowest BCUT2D eigenvalue weighted by molar-refractivity contribution is 0.438. The molecule has 1 aromatic rings. The molecule has 1 heterocycles. The van der Waals surface area contributed by atoms with Crippen molar-refractivity contribution < 1.29 is 0 Å². The zero-order valence-corrected chi connectivity index (χ0v) is 8.19. The minimum Gasteiger partial charge on any atom is -0.351 e. The van der Waals surface area contributed by atoms with Gasteiger partial charge in [0, 0.05) is 18.4 Å². The van der Waals surface area contributed by atoms with E-state index in [0.717, 1.165) is 17.8 Å². The van der Waals surface area contributed by atoms with Gasteiger partial charge in [-0.3, -0.25) is 0 Å². The molecule has 0 radical (unpaired) electrons. The topological polar surface area (TPSA) is 37.8 Å². The summed E-state index contributed by atoms with van der Waals surface area (Å²) in [6, 6.07) is 2.49. The Kier molecular flexibility index (Phi) is 1.89. The summed E-state index contributed by atoms with van der Waals surface area (Å²) in [5.41, 5.74) is 0. The fraction of sp³-hybridized carbons (Fsp3) is 0.636. The molecule has 1 N–H and O–H groups in total. The number of anilines is 1. The molecule has 14 heavy (non-hydrogen) atoms. The summed E-state index contributed by atoms with van der Waals surface area (Å²) in [4.78, 5) is 8.41. The molecule has 2 saturated carbocycles. The van der Waals surface area contributed by atoms with E-state index in [1.807, 2.05) is 6.07 Å². The molecule has 2 aliphatic carbocycles. The van der Waals surface area contributed by atoms with E-state index in [1.165, 1.54) is 25.7 Å². The van der Waals surface area contributed by atoms with Gasteiger partial charge in [-0.2, -0.15) is 0 Å². The highest BCUT2D eigenvalue weighted by molar-refractivity contribution is 5.26. The third kappa shape index (κ3) is 1.47. The molecule has 3 atom stereocenters. The summed E-state index contributed by atoms with van der Waals surface area (Å²) in [6.07, 6.45) is 9.11. The highest BCUT2D eigenvalue weighted by Crippen LogP contribution is 2.50. The summed E-state index contributed by atoms with van der Waals surface area (Å²) < 4.78 is 0. The van der Waals surface area contributed by atoms with E-state index in [4.69, 9.17) is 0 Å². The van der Waals surface area contributed by atoms with Crippen molar-refractivity contribution >= 4 is 5.95 Å². The minimum absolute atomic E-state index is 0.635. The van der Waals surface area contributed by atoms with Gasteiger partial charge in [-0.1, -0.05) is 12.8 Å². The second-order valence-electron chi connectivity index (χ2n) is 4.41. The van der Waals surface area contributed by atoms with E-state index in [-0.39, 0.29) is 0 Å². The predicted octanol–water partition coefficient (Wildman–Crippen LogP) is 2.08. The van der Waals surface area contributed by atoms with Crippen molar-refractivity contribution in [2.45, 2.75) is 31.7 Å². The van der Waals surface area contributed by atoms with Crippen molar-refractivity contribution in [3.63, 3.8) is 0 Å². The van der Waals surface area contributed by atoms with Crippen molar-refractivity contribution in [2.24, 2.45) is 11.8 Å². The zero-order valence-electron chi connectivity index (χ0n) is 8.19. The Morgan fingerprint density at radius 2 is 2.07 bits per heavy atom. The molecule has 2 fully saturated rings. The third-order valence-corrected chi connectivity index (χ3v) is 3.46. The van der Waals surface area contributed by atoms with Crippen molar-refractivity contribution in [3.8, 4) is 0 Å². The molecule has 1 aromatic heterocycles. The number of nitrogens with one attached hydrogen (secondary N) is 1. The van der Waals surface area contributed by atoms with E-state index in [9.17, 15) is 0 Å². The smallest absolute Gasteiger partial charge is 0.222 e. The SMILES string of the molecule is c1cnc(NC2CCC[C@H]3C[C@@H]23)nc1. The highest BCUT2D eigenvalue weighted by Gasteiger charge is 2.45. The summed E-state index contributed by atoms with van der Waals surface area (Å²) >= 11 is 0. The first-order valence-corrected chi connectivity index (χ1v) is 5.47. The maximum Gasteiger partial charge on any atom is 0.222 e. The predicted molar refractivity (Wildman–Crippen MR) is 54.9 cm³/mol. The molecule has 2 aliphatic rings. The van der Waals surface area contributed by atoms with Gasteiger partial charge in [0.15, 0.2) is 0 Å². The molecule has 0 bridgehead atoms. The summed E-state index contributed by atoms with van der Waals surface area (Å²) in [7, 11) is 0. The van der Waals surface area contributed by atoms with Gasteiger partial charge in [-0.05, 0) is 30.7 Å². The Bertz CT molecular complexity index is 312. The van der Waals surface area contributed by atoms with Crippen LogP contribution in [-0.4, -0.2) is 16.0 Å². The van der Waals surface area contributed by atoms with Crippen LogP contribution in [0, 0.1) is 11.8 Å². The largest absolute Gasteiger partial charge is 0.351 e. The molecule has 3 heteroatoms. The second-order valence-corrected chi connectivity index (χ2v) is 4.41. The first kappa shape index (κ1) is 8.21. The quantitative estimate of drug-likeness (QED) is 0.774. The van der Waals surface area contributed by atoms with Crippen molar-refractivity contribution in [3.05, 3.63) is 18.5 Å². The Hall–Kier alpha value is -1.12. The molecule has 3 rings (SSSR count). The average molecular weight is 189 g/mol. The van der Waals surface area contributed by atoms with E-state index in [0.29, 0.717) is 6.04 Å². The summed E-state index contributed by atoms with van der Waals surface area (Å²) in [5.74, 6) is 2.71. The van der Waals surface area contributed by atoms with Crippen LogP contribution in [0.3, 0.4) is 0 Å². The maximum absolute atomic E-state index is 4.20. The van der Waals surface area contributed by atoms with Crippen LogP contribution in [0.25, 0.3) is 0 Å². The standard InChI is InChI=1S/C11H15N3/c1-3-8-7-9(8)10(4-1)14-11-12-5-2-6-13-11/h2,5-6,8-10H,1,3-4,7H2,(H,12,13,14)/t8-,9+,10?/m0/s1. The Labute approximate surface area is 84.0 Å². The summed E-state index contributed by atoms with van der Waals surface area (Å²) in [5, 5.41) is 3.45. The first-order valence-electron chi connectivity index (χ1n) is 5.47. The average Bonchev–Trinajstić information content (AvgIpc) is 2.99. The molecule has 74 valence electrons. The molecular formula is C11H15N3. The number of rotatable bonds is 2. The molecule has 1 unspecified atom stereocenters. The van der Waals surface area contributed by atoms with Crippen molar-refractivity contribution in [1.82, 2.24) is 9.97 Å². The number of fused-ring (bicyclic) bond motifs is 1. The Morgan fingerprint density at radius 3 is 2.93 bits per heavy atom. The Balaban J connectivity index is 1.67. The lowest BCUT2D eigenvalue weighted by Crippen LogP contribution is -2.26. The summed E-state index contributed by atoms with van der Waals surface area (Å²) in [6.45, 7) is 0. The number of aromatic nitrogens is 2. The van der Waals surface area contributed by atoms with Crippen LogP contribution in [0.1, 0.15) is 25.7 Å². The van der Waals surface area contributed by atoms with Gasteiger partial charge in [-0.25, -0.2) is 9.97 Å². The van der Waals surface area contributed by atoms with E-state index >= 15 is 0 Å². The van der Waals surface area contributed by atoms with Gasteiger partial charge in [0.25, 0.3) is 0 Å². The third-order valence-electron chi connectivity index (χ3n) is 3.46. The van der Waals surface area contributed by atoms with Crippen LogP contribution in [0.2, 0.25) is 0 Å². The second kappa shape index (κ2) is 3.23. The van der Waals surface area contributed by atoms with Crippen LogP contribution in [0.15, 0.2) is 18.5 Å². The zero-order chi connectivity index (χ0) is 9.38. The highest BCUT2D eigenvalue weighted by atomic mass is 15.1. The van der Waals surface area contributed by atoms with Crippen molar-refractivity contribution in [1.29, 1.82) is 0 Å². The molecule has 0 saturated heterocycles. The fourth-order valence-electron chi connectivity index (χ4n) is 2.63. The van der Waals surface area contributed by atoms with Crippen LogP contribution < -0.4 is 5.32 Å². The minimum atomic E-state index is 0.635. The van der Waals surface area contributed by atoms with Crippen LogP contribution in [-0.2, 0) is 0 Å². The number of nitrogens with zero attached hydrogens (tertiary/aromatic N) is 2. The van der Waals surface area contributed by atoms with E-state index in [1.54, 1.807) is 12.4 Å². The van der Waals surface area contributed by atoms with Gasteiger partial charge in [-0.15, -0.1) is 0 Å². The normalized spacial score (nSPS) is 34.7. The molecule has 0 aliphatic heterocycles. The number of hydrogen-bond acceptors (Lipinski definition) is 3. The van der Waals surface area contributed by atoms with Crippen LogP contribution in [0.4, 0.5) is 5.95 Å². The molecular weight excluding hydrogens is 174 g/mol. The fourth-order valence-corrected chi connectivity index (χ4v) is 2.63. The molecule has 0 spiro atoms. The molecule has 0 aromatic carbocycles. The maximum atomic E-state index is 4.20. The van der Waals surface area contributed by atoms with Crippen LogP contribution >= 0.6 is 0 Å². The Morgan fingerprint density at radius 1 is 1.21 bits per heavy atom. The monoisotopic (exact) mass is 189 g/mol. The lowest BCUT2D eigenvalue weighted by atomic mass is 9.96. The molecule has 3 nitrogen and oxygen atoms in total. The van der Waals surface area contributed by atoms with Gasteiger partial charge in [0.2, 0.25) is 5.95 Å². The van der Waals surface area contributed by atoms with E-state index < -0.39 is 0 Å². The number of hydrogen-bond donors (Lipinski definition) is 1. The van der Waals surface area contributed by atoms with Gasteiger partial charge < -0.3 is 5.32 Å². The molecule has 0 amide bonds. The first-order chi connectivity index (χ1) is 6.93. The van der Waals surface area contributed by atoms with Crippen molar-refractivity contribution in [2.75, 3.05) is 5.32 Å². The van der Waals surface area contributed by atoms with Crippen LogP contribution in [0.5, 0.6) is 0 Å². The van der Waals surface area contributed by atoms with Gasteiger partial charge in [0.1, 0.15) is 0 Å². The van der Waals surface area contributed by atoms with Gasteiger partial charge >= 0.3 is 0 Å². The lowest BCUT2D eigenvalue weighted by Gasteiger charge is -2.22.